The minimum absolute atomic E-state index is 0.0187. The molecule has 18 heavy (non-hydrogen) atoms. The van der Waals surface area contributed by atoms with Crippen molar-refractivity contribution in [1.82, 2.24) is 4.98 Å². The average Bonchev–Trinajstić information content (AvgIpc) is 2.62. The van der Waals surface area contributed by atoms with Gasteiger partial charge >= 0.3 is 0 Å². The fourth-order valence-electron chi connectivity index (χ4n) is 1.81. The highest BCUT2D eigenvalue weighted by molar-refractivity contribution is 9.10. The summed E-state index contributed by atoms with van der Waals surface area (Å²) in [5, 5.41) is 3.20. The smallest absolute Gasteiger partial charge is 0.163 e. The monoisotopic (exact) mass is 315 g/mol. The largest absolute Gasteiger partial charge is 0.396 e. The topological polar surface area (TPSA) is 69.4 Å². The number of pyridine rings is 1. The van der Waals surface area contributed by atoms with Crippen LogP contribution in [0, 0.1) is 6.92 Å². The molecule has 0 aliphatic carbocycles. The zero-order chi connectivity index (χ0) is 13.3. The summed E-state index contributed by atoms with van der Waals surface area (Å²) < 4.78 is 12.1. The van der Waals surface area contributed by atoms with Gasteiger partial charge in [0.25, 0.3) is 0 Å². The van der Waals surface area contributed by atoms with E-state index in [1.165, 1.54) is 0 Å². The van der Waals surface area contributed by atoms with E-state index in [4.69, 9.17) is 15.2 Å². The summed E-state index contributed by atoms with van der Waals surface area (Å²) in [7, 11) is 0. The summed E-state index contributed by atoms with van der Waals surface area (Å²) in [6.07, 6.45) is 0.0187. The third-order valence-electron chi connectivity index (χ3n) is 2.75. The lowest BCUT2D eigenvalue weighted by Crippen LogP contribution is -2.26. The van der Waals surface area contributed by atoms with Gasteiger partial charge in [-0.25, -0.2) is 4.98 Å². The molecule has 1 aromatic rings. The van der Waals surface area contributed by atoms with Crippen molar-refractivity contribution in [3.63, 3.8) is 0 Å². The number of nitrogens with one attached hydrogen (secondary N) is 1. The summed E-state index contributed by atoms with van der Waals surface area (Å²) in [6.45, 7) is 6.94. The van der Waals surface area contributed by atoms with Crippen LogP contribution < -0.4 is 11.1 Å². The Kier molecular flexibility index (Phi) is 3.79. The van der Waals surface area contributed by atoms with E-state index in [1.54, 1.807) is 0 Å². The van der Waals surface area contributed by atoms with Gasteiger partial charge in [-0.1, -0.05) is 0 Å². The second kappa shape index (κ2) is 5.03. The molecule has 2 rings (SSSR count). The molecule has 0 unspecified atom stereocenters. The van der Waals surface area contributed by atoms with Crippen molar-refractivity contribution in [3.8, 4) is 0 Å². The van der Waals surface area contributed by atoms with Crippen LogP contribution in [0.3, 0.4) is 0 Å². The number of aromatic nitrogens is 1. The van der Waals surface area contributed by atoms with Gasteiger partial charge in [0.15, 0.2) is 5.79 Å². The molecule has 0 aromatic carbocycles. The van der Waals surface area contributed by atoms with E-state index in [9.17, 15) is 0 Å². The highest BCUT2D eigenvalue weighted by Crippen LogP contribution is 2.25. The first-order valence-corrected chi connectivity index (χ1v) is 6.65. The minimum atomic E-state index is -0.499. The number of aryl methyl sites for hydroxylation is 1. The van der Waals surface area contributed by atoms with E-state index in [2.05, 4.69) is 26.2 Å². The van der Waals surface area contributed by atoms with Gasteiger partial charge in [-0.3, -0.25) is 0 Å². The summed E-state index contributed by atoms with van der Waals surface area (Å²) in [5.41, 5.74) is 7.42. The Labute approximate surface area is 115 Å². The van der Waals surface area contributed by atoms with Crippen molar-refractivity contribution in [3.05, 3.63) is 16.2 Å². The van der Waals surface area contributed by atoms with Crippen LogP contribution in [0.2, 0.25) is 0 Å². The molecule has 2 heterocycles. The number of nitrogens with two attached hydrogens (primary N) is 1. The Morgan fingerprint density at radius 1 is 1.61 bits per heavy atom. The van der Waals surface area contributed by atoms with E-state index in [0.29, 0.717) is 24.7 Å². The fraction of sp³-hybridized carbons (Fsp3) is 0.583. The van der Waals surface area contributed by atoms with Gasteiger partial charge in [0, 0.05) is 11.0 Å². The number of halogens is 1. The van der Waals surface area contributed by atoms with Gasteiger partial charge in [-0.15, -0.1) is 0 Å². The van der Waals surface area contributed by atoms with Crippen LogP contribution in [0.5, 0.6) is 0 Å². The molecule has 0 radical (unpaired) electrons. The van der Waals surface area contributed by atoms with Crippen molar-refractivity contribution in [2.24, 2.45) is 0 Å². The molecule has 1 aromatic heterocycles. The summed E-state index contributed by atoms with van der Waals surface area (Å²) in [6, 6.07) is 1.85. The molecule has 6 heteroatoms. The molecular weight excluding hydrogens is 298 g/mol. The number of nitrogens with zero attached hydrogens (tertiary/aromatic N) is 1. The maximum absolute atomic E-state index is 5.90. The molecule has 0 bridgehead atoms. The van der Waals surface area contributed by atoms with Crippen molar-refractivity contribution >= 4 is 27.4 Å². The van der Waals surface area contributed by atoms with Crippen LogP contribution in [-0.2, 0) is 9.47 Å². The number of nitrogen functional groups attached to an aromatic ring is 1. The van der Waals surface area contributed by atoms with Gasteiger partial charge in [0.2, 0.25) is 0 Å². The number of anilines is 2. The van der Waals surface area contributed by atoms with Gasteiger partial charge in [0.05, 0.1) is 18.0 Å². The minimum Gasteiger partial charge on any atom is -0.396 e. The highest BCUT2D eigenvalue weighted by atomic mass is 79.9. The van der Waals surface area contributed by atoms with Gasteiger partial charge < -0.3 is 20.5 Å². The lowest BCUT2D eigenvalue weighted by atomic mass is 10.3. The van der Waals surface area contributed by atoms with E-state index < -0.39 is 5.79 Å². The SMILES string of the molecule is Cc1nc(NC[C@@H]2COC(C)(C)O2)c(N)cc1Br. The Balaban J connectivity index is 1.97. The molecule has 0 spiro atoms. The lowest BCUT2D eigenvalue weighted by molar-refractivity contribution is -0.136. The van der Waals surface area contributed by atoms with Gasteiger partial charge in [-0.05, 0) is 42.8 Å². The molecular formula is C12H18BrN3O2. The van der Waals surface area contributed by atoms with Crippen molar-refractivity contribution in [2.45, 2.75) is 32.7 Å². The first-order chi connectivity index (χ1) is 8.37. The standard InChI is InChI=1S/C12H18BrN3O2/c1-7-9(13)4-10(14)11(16-7)15-5-8-6-17-12(2,3)18-8/h4,8H,5-6,14H2,1-3H3,(H,15,16)/t8-/m1/s1. The molecule has 5 nitrogen and oxygen atoms in total. The summed E-state index contributed by atoms with van der Waals surface area (Å²) in [4.78, 5) is 4.39. The molecule has 1 aliphatic rings. The Bertz CT molecular complexity index is 451. The Hall–Kier alpha value is -0.850. The second-order valence-corrected chi connectivity index (χ2v) is 5.68. The maximum Gasteiger partial charge on any atom is 0.163 e. The molecule has 1 atom stereocenters. The lowest BCUT2D eigenvalue weighted by Gasteiger charge is -2.18. The van der Waals surface area contributed by atoms with E-state index in [-0.39, 0.29) is 6.10 Å². The molecule has 0 saturated carbocycles. The third-order valence-corrected chi connectivity index (χ3v) is 3.55. The van der Waals surface area contributed by atoms with Gasteiger partial charge in [-0.2, -0.15) is 0 Å². The van der Waals surface area contributed by atoms with Crippen molar-refractivity contribution < 1.29 is 9.47 Å². The van der Waals surface area contributed by atoms with Crippen molar-refractivity contribution in [1.29, 1.82) is 0 Å². The highest BCUT2D eigenvalue weighted by Gasteiger charge is 2.32. The first-order valence-electron chi connectivity index (χ1n) is 5.85. The first kappa shape index (κ1) is 13.6. The van der Waals surface area contributed by atoms with Crippen LogP contribution in [0.1, 0.15) is 19.5 Å². The van der Waals surface area contributed by atoms with Crippen LogP contribution in [0.15, 0.2) is 10.5 Å². The van der Waals surface area contributed by atoms with Crippen molar-refractivity contribution in [2.75, 3.05) is 24.2 Å². The zero-order valence-corrected chi connectivity index (χ0v) is 12.4. The molecule has 0 amide bonds. The Morgan fingerprint density at radius 3 is 2.94 bits per heavy atom. The quantitative estimate of drug-likeness (QED) is 0.895. The average molecular weight is 316 g/mol. The summed E-state index contributed by atoms with van der Waals surface area (Å²) in [5.74, 6) is 0.185. The third kappa shape index (κ3) is 3.13. The van der Waals surface area contributed by atoms with Crippen LogP contribution in [0.4, 0.5) is 11.5 Å². The molecule has 1 aliphatic heterocycles. The van der Waals surface area contributed by atoms with Gasteiger partial charge in [0.1, 0.15) is 11.9 Å². The molecule has 3 N–H and O–H groups in total. The molecule has 1 saturated heterocycles. The second-order valence-electron chi connectivity index (χ2n) is 4.83. The van der Waals surface area contributed by atoms with E-state index >= 15 is 0 Å². The number of hydrogen-bond acceptors (Lipinski definition) is 5. The number of hydrogen-bond donors (Lipinski definition) is 2. The molecule has 100 valence electrons. The van der Waals surface area contributed by atoms with Crippen LogP contribution in [-0.4, -0.2) is 30.0 Å². The number of ether oxygens (including phenoxy) is 2. The Morgan fingerprint density at radius 2 is 2.33 bits per heavy atom. The zero-order valence-electron chi connectivity index (χ0n) is 10.8. The summed E-state index contributed by atoms with van der Waals surface area (Å²) >= 11 is 3.40. The van der Waals surface area contributed by atoms with Crippen LogP contribution in [0.25, 0.3) is 0 Å². The normalized spacial score (nSPS) is 22.1. The maximum atomic E-state index is 5.90. The number of rotatable bonds is 3. The molecule has 1 fully saturated rings. The van der Waals surface area contributed by atoms with E-state index in [1.807, 2.05) is 26.8 Å². The van der Waals surface area contributed by atoms with Crippen LogP contribution >= 0.6 is 15.9 Å². The predicted octanol–water partition coefficient (Wildman–Crippen LogP) is 2.30. The fourth-order valence-corrected chi connectivity index (χ4v) is 2.15. The predicted molar refractivity (Wildman–Crippen MR) is 74.5 cm³/mol. The van der Waals surface area contributed by atoms with E-state index in [0.717, 1.165) is 10.2 Å².